The van der Waals surface area contributed by atoms with Gasteiger partial charge in [0.2, 0.25) is 0 Å². The minimum absolute atomic E-state index is 0.312. The van der Waals surface area contributed by atoms with Gasteiger partial charge >= 0.3 is 11.9 Å². The van der Waals surface area contributed by atoms with Gasteiger partial charge in [-0.25, -0.2) is 9.59 Å². The summed E-state index contributed by atoms with van der Waals surface area (Å²) in [7, 11) is 0. The van der Waals surface area contributed by atoms with Gasteiger partial charge in [-0.2, -0.15) is 4.89 Å². The Bertz CT molecular complexity index is 210. The first-order chi connectivity index (χ1) is 6.66. The van der Waals surface area contributed by atoms with E-state index in [-0.39, 0.29) is 0 Å². The topological polar surface area (TPSA) is 82.1 Å². The molecule has 0 fully saturated rings. The number of aliphatic carboxylic acids is 1. The van der Waals surface area contributed by atoms with E-state index < -0.39 is 11.9 Å². The highest BCUT2D eigenvalue weighted by Crippen LogP contribution is 1.90. The van der Waals surface area contributed by atoms with Crippen LogP contribution in [0.2, 0.25) is 0 Å². The van der Waals surface area contributed by atoms with E-state index in [9.17, 15) is 9.59 Å². The molecule has 0 aromatic rings. The number of carboxylic acid groups (broad SMARTS) is 1. The van der Waals surface area contributed by atoms with Gasteiger partial charge in [0.1, 0.15) is 0 Å². The second kappa shape index (κ2) is 8.21. The van der Waals surface area contributed by atoms with Crippen LogP contribution in [-0.2, 0) is 24.4 Å². The molecule has 0 heterocycles. The van der Waals surface area contributed by atoms with Gasteiger partial charge in [-0.15, -0.1) is 0 Å². The number of unbranched alkanes of at least 4 members (excludes halogenated alkanes) is 1. The summed E-state index contributed by atoms with van der Waals surface area (Å²) >= 11 is 0. The summed E-state index contributed by atoms with van der Waals surface area (Å²) in [6.07, 6.45) is 3.06. The average Bonchev–Trinajstić information content (AvgIpc) is 2.14. The Hall–Kier alpha value is -1.40. The summed E-state index contributed by atoms with van der Waals surface area (Å²) in [6.45, 7) is 2.28. The van der Waals surface area contributed by atoms with Crippen LogP contribution < -0.4 is 0 Å². The van der Waals surface area contributed by atoms with Crippen LogP contribution in [0.1, 0.15) is 19.8 Å². The van der Waals surface area contributed by atoms with Crippen molar-refractivity contribution in [1.29, 1.82) is 0 Å². The zero-order valence-corrected chi connectivity index (χ0v) is 7.76. The van der Waals surface area contributed by atoms with Crippen LogP contribution in [0.4, 0.5) is 0 Å². The molecule has 0 saturated carbocycles. The van der Waals surface area contributed by atoms with Crippen LogP contribution in [-0.4, -0.2) is 23.7 Å². The van der Waals surface area contributed by atoms with E-state index in [2.05, 4.69) is 14.8 Å². The zero-order valence-electron chi connectivity index (χ0n) is 7.76. The SMILES string of the molecule is CCCCOOOC(=O)/C=C/C(=O)O. The fourth-order valence-corrected chi connectivity index (χ4v) is 0.462. The maximum Gasteiger partial charge on any atom is 0.369 e. The van der Waals surface area contributed by atoms with E-state index in [1.54, 1.807) is 0 Å². The number of hydrogen-bond acceptors (Lipinski definition) is 5. The summed E-state index contributed by atoms with van der Waals surface area (Å²) in [5.41, 5.74) is 0. The summed E-state index contributed by atoms with van der Waals surface area (Å²) in [5.74, 6) is -2.18. The molecule has 6 heteroatoms. The molecule has 0 spiro atoms. The smallest absolute Gasteiger partial charge is 0.369 e. The third kappa shape index (κ3) is 8.69. The Morgan fingerprint density at radius 1 is 1.36 bits per heavy atom. The molecule has 0 aliphatic rings. The van der Waals surface area contributed by atoms with Crippen LogP contribution in [0.15, 0.2) is 12.2 Å². The molecule has 0 amide bonds. The van der Waals surface area contributed by atoms with Crippen molar-refractivity contribution in [2.45, 2.75) is 19.8 Å². The van der Waals surface area contributed by atoms with Crippen LogP contribution in [0.25, 0.3) is 0 Å². The standard InChI is InChI=1S/C8H12O6/c1-2-3-6-12-14-13-8(11)5-4-7(9)10/h4-5H,2-3,6H2,1H3,(H,9,10)/b5-4+. The number of carbonyl (C=O) groups is 2. The molecule has 14 heavy (non-hydrogen) atoms. The van der Waals surface area contributed by atoms with Crippen LogP contribution in [0, 0.1) is 0 Å². The number of rotatable bonds is 7. The molecule has 0 aliphatic carbocycles. The summed E-state index contributed by atoms with van der Waals surface area (Å²) in [5, 5.41) is 12.2. The van der Waals surface area contributed by atoms with Crippen LogP contribution in [0.5, 0.6) is 0 Å². The Kier molecular flexibility index (Phi) is 7.39. The molecule has 0 unspecified atom stereocenters. The van der Waals surface area contributed by atoms with Crippen molar-refractivity contribution in [3.63, 3.8) is 0 Å². The number of carboxylic acids is 1. The first-order valence-corrected chi connectivity index (χ1v) is 4.08. The molecule has 0 aromatic heterocycles. The molecule has 0 radical (unpaired) electrons. The van der Waals surface area contributed by atoms with E-state index in [4.69, 9.17) is 5.11 Å². The van der Waals surface area contributed by atoms with Crippen molar-refractivity contribution in [2.75, 3.05) is 6.61 Å². The third-order valence-corrected chi connectivity index (χ3v) is 1.11. The van der Waals surface area contributed by atoms with E-state index in [0.29, 0.717) is 18.8 Å². The molecular weight excluding hydrogens is 192 g/mol. The largest absolute Gasteiger partial charge is 0.478 e. The lowest BCUT2D eigenvalue weighted by atomic mass is 10.4. The van der Waals surface area contributed by atoms with Crippen molar-refractivity contribution < 1.29 is 29.5 Å². The van der Waals surface area contributed by atoms with Crippen LogP contribution >= 0.6 is 0 Å². The molecule has 0 aliphatic heterocycles. The Morgan fingerprint density at radius 2 is 2.07 bits per heavy atom. The Morgan fingerprint density at radius 3 is 2.64 bits per heavy atom. The second-order valence-corrected chi connectivity index (χ2v) is 2.32. The van der Waals surface area contributed by atoms with Gasteiger partial charge in [-0.05, 0) is 11.5 Å². The van der Waals surface area contributed by atoms with Crippen molar-refractivity contribution in [1.82, 2.24) is 0 Å². The number of hydrogen-bond donors (Lipinski definition) is 1. The van der Waals surface area contributed by atoms with Gasteiger partial charge < -0.3 is 5.11 Å². The van der Waals surface area contributed by atoms with E-state index in [0.717, 1.165) is 12.8 Å². The molecule has 0 aromatic carbocycles. The van der Waals surface area contributed by atoms with Crippen molar-refractivity contribution >= 4 is 11.9 Å². The highest BCUT2D eigenvalue weighted by Gasteiger charge is 1.99. The predicted octanol–water partition coefficient (Wildman–Crippen LogP) is 0.834. The minimum atomic E-state index is -1.24. The quantitative estimate of drug-likeness (QED) is 0.286. The van der Waals surface area contributed by atoms with Crippen molar-refractivity contribution in [3.05, 3.63) is 12.2 Å². The average molecular weight is 204 g/mol. The zero-order chi connectivity index (χ0) is 10.8. The monoisotopic (exact) mass is 204 g/mol. The maximum absolute atomic E-state index is 10.6. The Labute approximate surface area is 80.9 Å². The van der Waals surface area contributed by atoms with E-state index in [1.165, 1.54) is 0 Å². The van der Waals surface area contributed by atoms with Crippen molar-refractivity contribution in [3.8, 4) is 0 Å². The van der Waals surface area contributed by atoms with Crippen LogP contribution in [0.3, 0.4) is 0 Å². The lowest BCUT2D eigenvalue weighted by Crippen LogP contribution is -2.04. The fraction of sp³-hybridized carbons (Fsp3) is 0.500. The lowest BCUT2D eigenvalue weighted by Gasteiger charge is -1.98. The van der Waals surface area contributed by atoms with E-state index >= 15 is 0 Å². The molecule has 80 valence electrons. The molecule has 6 nitrogen and oxygen atoms in total. The fourth-order valence-electron chi connectivity index (χ4n) is 0.462. The Balaban J connectivity index is 3.40. The second-order valence-electron chi connectivity index (χ2n) is 2.32. The first kappa shape index (κ1) is 12.6. The predicted molar refractivity (Wildman–Crippen MR) is 44.8 cm³/mol. The molecule has 0 atom stereocenters. The summed E-state index contributed by atoms with van der Waals surface area (Å²) < 4.78 is 0. The maximum atomic E-state index is 10.6. The number of carbonyl (C=O) groups excluding carboxylic acids is 1. The van der Waals surface area contributed by atoms with Gasteiger partial charge in [0.25, 0.3) is 0 Å². The molecule has 0 rings (SSSR count). The minimum Gasteiger partial charge on any atom is -0.478 e. The van der Waals surface area contributed by atoms with Gasteiger partial charge in [-0.1, -0.05) is 13.3 Å². The molecular formula is C8H12O6. The molecule has 0 bridgehead atoms. The molecule has 0 saturated heterocycles. The van der Waals surface area contributed by atoms with Gasteiger partial charge in [-0.3, -0.25) is 4.89 Å². The van der Waals surface area contributed by atoms with Crippen molar-refractivity contribution in [2.24, 2.45) is 0 Å². The summed E-state index contributed by atoms with van der Waals surface area (Å²) in [6, 6.07) is 0. The molecule has 1 N–H and O–H groups in total. The third-order valence-electron chi connectivity index (χ3n) is 1.11. The van der Waals surface area contributed by atoms with Gasteiger partial charge in [0, 0.05) is 12.2 Å². The normalized spacial score (nSPS) is 10.4. The lowest BCUT2D eigenvalue weighted by molar-refractivity contribution is -0.484. The highest BCUT2D eigenvalue weighted by atomic mass is 17.5. The van der Waals surface area contributed by atoms with E-state index in [1.807, 2.05) is 6.92 Å². The van der Waals surface area contributed by atoms with Gasteiger partial charge in [0.15, 0.2) is 0 Å². The highest BCUT2D eigenvalue weighted by molar-refractivity contribution is 5.90. The first-order valence-electron chi connectivity index (χ1n) is 4.08. The van der Waals surface area contributed by atoms with Gasteiger partial charge in [0.05, 0.1) is 6.61 Å². The summed E-state index contributed by atoms with van der Waals surface area (Å²) in [4.78, 5) is 29.0.